The molecule has 15 heavy (non-hydrogen) atoms. The van der Waals surface area contributed by atoms with E-state index in [1.807, 2.05) is 0 Å². The number of carbonyl (C=O) groups is 2. The van der Waals surface area contributed by atoms with Crippen molar-refractivity contribution in [3.8, 4) is 0 Å². The highest BCUT2D eigenvalue weighted by Gasteiger charge is 2.30. The highest BCUT2D eigenvalue weighted by molar-refractivity contribution is 5.87. The van der Waals surface area contributed by atoms with E-state index in [9.17, 15) is 9.59 Å². The number of carboxylic acid groups (broad SMARTS) is 1. The number of carboxylic acids is 1. The van der Waals surface area contributed by atoms with Crippen LogP contribution in [0.3, 0.4) is 0 Å². The van der Waals surface area contributed by atoms with Crippen LogP contribution in [0.5, 0.6) is 0 Å². The topological polar surface area (TPSA) is 54.4 Å². The summed E-state index contributed by atoms with van der Waals surface area (Å²) in [6, 6.07) is 0. The van der Waals surface area contributed by atoms with Crippen molar-refractivity contribution >= 4 is 12.3 Å². The highest BCUT2D eigenvalue weighted by Crippen LogP contribution is 2.36. The second-order valence-corrected chi connectivity index (χ2v) is 4.24. The lowest BCUT2D eigenvalue weighted by molar-refractivity contribution is -0.132. The van der Waals surface area contributed by atoms with Gasteiger partial charge in [-0.15, -0.1) is 0 Å². The molecule has 3 heteroatoms. The largest absolute Gasteiger partial charge is 0.478 e. The molecule has 3 nitrogen and oxygen atoms in total. The van der Waals surface area contributed by atoms with Gasteiger partial charge in [-0.1, -0.05) is 32.3 Å². The molecule has 1 aliphatic rings. The molecular weight excluding hydrogens is 192 g/mol. The van der Waals surface area contributed by atoms with Crippen LogP contribution in [0.4, 0.5) is 0 Å². The van der Waals surface area contributed by atoms with Crippen LogP contribution in [0.25, 0.3) is 0 Å². The van der Waals surface area contributed by atoms with Crippen molar-refractivity contribution in [1.82, 2.24) is 0 Å². The molecule has 0 saturated heterocycles. The van der Waals surface area contributed by atoms with Gasteiger partial charge in [0.15, 0.2) is 0 Å². The predicted molar refractivity (Wildman–Crippen MR) is 57.6 cm³/mol. The van der Waals surface area contributed by atoms with E-state index in [1.54, 1.807) is 13.0 Å². The molecular formula is C12H18O3. The molecule has 0 aromatic heterocycles. The fourth-order valence-corrected chi connectivity index (χ4v) is 2.17. The number of rotatable bonds is 4. The molecule has 0 heterocycles. The van der Waals surface area contributed by atoms with Crippen molar-refractivity contribution in [3.63, 3.8) is 0 Å². The van der Waals surface area contributed by atoms with Crippen molar-refractivity contribution in [3.05, 3.63) is 11.6 Å². The van der Waals surface area contributed by atoms with E-state index < -0.39 is 11.4 Å². The number of allylic oxidation sites excluding steroid dienone is 1. The Labute approximate surface area is 90.2 Å². The number of hydrogen-bond donors (Lipinski definition) is 1. The standard InChI is InChI=1S/C12H18O3/c1-2-10(11(14)15)8-12(9-13)6-4-3-5-7-12/h8-9H,2-7H2,1H3,(H,14,15). The SMILES string of the molecule is CCC(=CC1(C=O)CCCCC1)C(=O)O. The van der Waals surface area contributed by atoms with Gasteiger partial charge in [0, 0.05) is 11.0 Å². The highest BCUT2D eigenvalue weighted by atomic mass is 16.4. The summed E-state index contributed by atoms with van der Waals surface area (Å²) in [5, 5.41) is 8.93. The number of aliphatic carboxylic acids is 1. The quantitative estimate of drug-likeness (QED) is 0.573. The van der Waals surface area contributed by atoms with E-state index in [0.717, 1.165) is 38.4 Å². The summed E-state index contributed by atoms with van der Waals surface area (Å²) in [5.41, 5.74) is -0.133. The van der Waals surface area contributed by atoms with E-state index >= 15 is 0 Å². The summed E-state index contributed by atoms with van der Waals surface area (Å²) >= 11 is 0. The monoisotopic (exact) mass is 210 g/mol. The Balaban J connectivity index is 2.89. The van der Waals surface area contributed by atoms with Crippen LogP contribution in [0.2, 0.25) is 0 Å². The lowest BCUT2D eigenvalue weighted by atomic mass is 9.74. The zero-order valence-electron chi connectivity index (χ0n) is 9.16. The molecule has 0 atom stereocenters. The molecule has 0 aromatic carbocycles. The Morgan fingerprint density at radius 1 is 1.33 bits per heavy atom. The molecule has 0 aliphatic heterocycles. The summed E-state index contributed by atoms with van der Waals surface area (Å²) < 4.78 is 0. The van der Waals surface area contributed by atoms with Gasteiger partial charge < -0.3 is 9.90 Å². The van der Waals surface area contributed by atoms with Gasteiger partial charge in [0.25, 0.3) is 0 Å². The van der Waals surface area contributed by atoms with Crippen LogP contribution in [-0.2, 0) is 9.59 Å². The summed E-state index contributed by atoms with van der Waals surface area (Å²) in [6.45, 7) is 1.81. The molecule has 1 aliphatic carbocycles. The molecule has 1 fully saturated rings. The van der Waals surface area contributed by atoms with Crippen molar-refractivity contribution in [2.75, 3.05) is 0 Å². The fourth-order valence-electron chi connectivity index (χ4n) is 2.17. The molecule has 0 spiro atoms. The second kappa shape index (κ2) is 5.10. The van der Waals surface area contributed by atoms with Gasteiger partial charge in [0.2, 0.25) is 0 Å². The molecule has 1 saturated carbocycles. The first-order valence-electron chi connectivity index (χ1n) is 5.55. The van der Waals surface area contributed by atoms with Crippen LogP contribution < -0.4 is 0 Å². The first-order valence-corrected chi connectivity index (χ1v) is 5.55. The maximum absolute atomic E-state index is 11.1. The Morgan fingerprint density at radius 3 is 2.33 bits per heavy atom. The third-order valence-corrected chi connectivity index (χ3v) is 3.14. The first kappa shape index (κ1) is 12.0. The minimum absolute atomic E-state index is 0.365. The Kier molecular flexibility index (Phi) is 4.06. The third-order valence-electron chi connectivity index (χ3n) is 3.14. The van der Waals surface area contributed by atoms with E-state index in [4.69, 9.17) is 5.11 Å². The molecule has 0 unspecified atom stereocenters. The van der Waals surface area contributed by atoms with Crippen LogP contribution >= 0.6 is 0 Å². The molecule has 1 rings (SSSR count). The van der Waals surface area contributed by atoms with Crippen molar-refractivity contribution in [2.45, 2.75) is 45.4 Å². The summed E-state index contributed by atoms with van der Waals surface area (Å²) in [4.78, 5) is 22.0. The Bertz CT molecular complexity index is 273. The zero-order valence-corrected chi connectivity index (χ0v) is 9.16. The molecule has 84 valence electrons. The molecule has 0 amide bonds. The van der Waals surface area contributed by atoms with Crippen LogP contribution in [0.15, 0.2) is 11.6 Å². The fraction of sp³-hybridized carbons (Fsp3) is 0.667. The van der Waals surface area contributed by atoms with Gasteiger partial charge in [0.05, 0.1) is 0 Å². The van der Waals surface area contributed by atoms with Crippen molar-refractivity contribution in [2.24, 2.45) is 5.41 Å². The van der Waals surface area contributed by atoms with E-state index in [2.05, 4.69) is 0 Å². The molecule has 1 N–H and O–H groups in total. The minimum atomic E-state index is -0.899. The van der Waals surface area contributed by atoms with Gasteiger partial charge >= 0.3 is 5.97 Å². The summed E-state index contributed by atoms with van der Waals surface area (Å²) in [5.74, 6) is -0.899. The van der Waals surface area contributed by atoms with Crippen LogP contribution in [0, 0.1) is 5.41 Å². The number of hydrogen-bond acceptors (Lipinski definition) is 2. The lowest BCUT2D eigenvalue weighted by Crippen LogP contribution is -2.24. The van der Waals surface area contributed by atoms with E-state index in [1.165, 1.54) is 0 Å². The number of carbonyl (C=O) groups excluding carboxylic acids is 1. The van der Waals surface area contributed by atoms with Crippen LogP contribution in [0.1, 0.15) is 45.4 Å². The van der Waals surface area contributed by atoms with Crippen molar-refractivity contribution in [1.29, 1.82) is 0 Å². The minimum Gasteiger partial charge on any atom is -0.478 e. The molecule has 0 aromatic rings. The predicted octanol–water partition coefficient (Wildman–Crippen LogP) is 2.56. The first-order chi connectivity index (χ1) is 7.13. The second-order valence-electron chi connectivity index (χ2n) is 4.24. The lowest BCUT2D eigenvalue weighted by Gasteiger charge is -2.29. The zero-order chi connectivity index (χ0) is 11.3. The molecule has 0 radical (unpaired) electrons. The van der Waals surface area contributed by atoms with E-state index in [-0.39, 0.29) is 0 Å². The average molecular weight is 210 g/mol. The average Bonchev–Trinajstić information content (AvgIpc) is 2.27. The van der Waals surface area contributed by atoms with Gasteiger partial charge in [-0.25, -0.2) is 4.79 Å². The van der Waals surface area contributed by atoms with Gasteiger partial charge in [0.1, 0.15) is 6.29 Å². The van der Waals surface area contributed by atoms with Gasteiger partial charge in [-0.2, -0.15) is 0 Å². The normalized spacial score (nSPS) is 21.0. The van der Waals surface area contributed by atoms with Gasteiger partial charge in [-0.3, -0.25) is 0 Å². The number of aldehydes is 1. The van der Waals surface area contributed by atoms with Crippen molar-refractivity contribution < 1.29 is 14.7 Å². The Hall–Kier alpha value is -1.12. The summed E-state index contributed by atoms with van der Waals surface area (Å²) in [6.07, 6.45) is 7.88. The maximum Gasteiger partial charge on any atom is 0.331 e. The van der Waals surface area contributed by atoms with Gasteiger partial charge in [-0.05, 0) is 19.3 Å². The third kappa shape index (κ3) is 2.91. The maximum atomic E-state index is 11.1. The smallest absolute Gasteiger partial charge is 0.331 e. The summed E-state index contributed by atoms with van der Waals surface area (Å²) in [7, 11) is 0. The van der Waals surface area contributed by atoms with E-state index in [0.29, 0.717) is 12.0 Å². The Morgan fingerprint density at radius 2 is 1.93 bits per heavy atom. The molecule has 0 bridgehead atoms. The van der Waals surface area contributed by atoms with Crippen LogP contribution in [-0.4, -0.2) is 17.4 Å².